The molecule has 0 saturated heterocycles. The molecule has 0 radical (unpaired) electrons. The molecule has 0 saturated carbocycles. The minimum atomic E-state index is 0.871. The van der Waals surface area contributed by atoms with Crippen LogP contribution in [0.25, 0.3) is 99.3 Å². The second-order valence-corrected chi connectivity index (χ2v) is 12.5. The first kappa shape index (κ1) is 27.5. The highest BCUT2D eigenvalue weighted by molar-refractivity contribution is 6.16. The maximum absolute atomic E-state index is 6.27. The van der Waals surface area contributed by atoms with E-state index in [1.807, 2.05) is 18.2 Å². The molecular formula is C46H28N2O. The van der Waals surface area contributed by atoms with Gasteiger partial charge in [-0.15, -0.1) is 0 Å². The number of hydrogen-bond donors (Lipinski definition) is 0. The topological polar surface area (TPSA) is 38.9 Å². The zero-order valence-electron chi connectivity index (χ0n) is 26.5. The van der Waals surface area contributed by atoms with E-state index in [2.05, 4.69) is 152 Å². The number of nitrogens with zero attached hydrogens (tertiary/aromatic N) is 2. The molecule has 3 nitrogen and oxygen atoms in total. The highest BCUT2D eigenvalue weighted by atomic mass is 16.3. The van der Waals surface area contributed by atoms with Crippen molar-refractivity contribution in [3.05, 3.63) is 170 Å². The van der Waals surface area contributed by atoms with E-state index in [9.17, 15) is 0 Å². The fourth-order valence-corrected chi connectivity index (χ4v) is 7.40. The first-order chi connectivity index (χ1) is 24.3. The van der Waals surface area contributed by atoms with Gasteiger partial charge in [-0.1, -0.05) is 146 Å². The third kappa shape index (κ3) is 4.44. The molecule has 0 spiro atoms. The Morgan fingerprint density at radius 3 is 1.92 bits per heavy atom. The molecule has 2 aromatic heterocycles. The fraction of sp³-hybridized carbons (Fsp3) is 0. The van der Waals surface area contributed by atoms with Crippen LogP contribution in [0.4, 0.5) is 0 Å². The van der Waals surface area contributed by atoms with Crippen LogP contribution in [0.2, 0.25) is 0 Å². The zero-order valence-corrected chi connectivity index (χ0v) is 26.5. The monoisotopic (exact) mass is 624 g/mol. The fourth-order valence-electron chi connectivity index (χ4n) is 7.40. The van der Waals surface area contributed by atoms with Gasteiger partial charge in [0.15, 0.2) is 0 Å². The van der Waals surface area contributed by atoms with E-state index < -0.39 is 0 Å². The first-order valence-electron chi connectivity index (χ1n) is 16.6. The standard InChI is InChI=1S/C46H28N2O/c1-2-13-30(14-3-1)44-45(32-25-24-29-12-4-5-15-31(29)28-32)47-40-27-26-36-34(19-10-21-38(36)46(40)48-44)33-16-6-7-17-35(33)37-20-11-23-42-43(37)39-18-8-9-22-41(39)49-42/h1-28H. The minimum Gasteiger partial charge on any atom is -0.456 e. The van der Waals surface area contributed by atoms with Crippen molar-refractivity contribution < 1.29 is 4.42 Å². The Balaban J connectivity index is 1.21. The predicted octanol–water partition coefficient (Wildman–Crippen LogP) is 12.5. The summed E-state index contributed by atoms with van der Waals surface area (Å²) in [5.74, 6) is 0. The average Bonchev–Trinajstić information content (AvgIpc) is 3.56. The second kappa shape index (κ2) is 11.0. The van der Waals surface area contributed by atoms with Gasteiger partial charge in [-0.05, 0) is 62.7 Å². The number of hydrogen-bond acceptors (Lipinski definition) is 3. The van der Waals surface area contributed by atoms with Crippen LogP contribution in [0.15, 0.2) is 174 Å². The van der Waals surface area contributed by atoms with E-state index in [1.165, 1.54) is 10.8 Å². The molecule has 0 aliphatic rings. The van der Waals surface area contributed by atoms with Gasteiger partial charge in [-0.25, -0.2) is 9.97 Å². The summed E-state index contributed by atoms with van der Waals surface area (Å²) in [5, 5.41) is 6.86. The van der Waals surface area contributed by atoms with Crippen LogP contribution in [0.3, 0.4) is 0 Å². The maximum atomic E-state index is 6.27. The molecule has 0 amide bonds. The van der Waals surface area contributed by atoms with Gasteiger partial charge in [0.25, 0.3) is 0 Å². The normalized spacial score (nSPS) is 11.7. The smallest absolute Gasteiger partial charge is 0.136 e. The lowest BCUT2D eigenvalue weighted by Gasteiger charge is -2.16. The molecule has 49 heavy (non-hydrogen) atoms. The highest BCUT2D eigenvalue weighted by Gasteiger charge is 2.19. The van der Waals surface area contributed by atoms with E-state index in [1.54, 1.807) is 0 Å². The van der Waals surface area contributed by atoms with Gasteiger partial charge in [-0.2, -0.15) is 0 Å². The Morgan fingerprint density at radius 1 is 0.367 bits per heavy atom. The maximum Gasteiger partial charge on any atom is 0.136 e. The molecule has 10 aromatic rings. The van der Waals surface area contributed by atoms with Crippen LogP contribution < -0.4 is 0 Å². The molecule has 10 rings (SSSR count). The van der Waals surface area contributed by atoms with Crippen LogP contribution in [-0.2, 0) is 0 Å². The lowest BCUT2D eigenvalue weighted by atomic mass is 9.89. The van der Waals surface area contributed by atoms with E-state index in [0.717, 1.165) is 88.5 Å². The predicted molar refractivity (Wildman–Crippen MR) is 204 cm³/mol. The van der Waals surface area contributed by atoms with Gasteiger partial charge in [0.2, 0.25) is 0 Å². The summed E-state index contributed by atoms with van der Waals surface area (Å²) in [5.41, 5.74) is 12.0. The summed E-state index contributed by atoms with van der Waals surface area (Å²) in [6.45, 7) is 0. The Bertz CT molecular complexity index is 2890. The van der Waals surface area contributed by atoms with E-state index in [4.69, 9.17) is 14.4 Å². The van der Waals surface area contributed by atoms with Crippen molar-refractivity contribution in [1.82, 2.24) is 9.97 Å². The van der Waals surface area contributed by atoms with Crippen molar-refractivity contribution in [3.8, 4) is 44.8 Å². The largest absolute Gasteiger partial charge is 0.456 e. The van der Waals surface area contributed by atoms with Crippen LogP contribution in [-0.4, -0.2) is 9.97 Å². The van der Waals surface area contributed by atoms with Gasteiger partial charge >= 0.3 is 0 Å². The van der Waals surface area contributed by atoms with Crippen LogP contribution in [0, 0.1) is 0 Å². The number of benzene rings is 8. The average molecular weight is 625 g/mol. The van der Waals surface area contributed by atoms with Gasteiger partial charge < -0.3 is 4.42 Å². The second-order valence-electron chi connectivity index (χ2n) is 12.5. The summed E-state index contributed by atoms with van der Waals surface area (Å²) < 4.78 is 6.27. The molecule has 3 heteroatoms. The summed E-state index contributed by atoms with van der Waals surface area (Å²) in [6, 6.07) is 59.6. The molecule has 0 aliphatic carbocycles. The zero-order chi connectivity index (χ0) is 32.3. The Morgan fingerprint density at radius 2 is 1.02 bits per heavy atom. The van der Waals surface area contributed by atoms with Crippen molar-refractivity contribution >= 4 is 54.5 Å². The van der Waals surface area contributed by atoms with Crippen molar-refractivity contribution in [2.75, 3.05) is 0 Å². The number of furan rings is 1. The summed E-state index contributed by atoms with van der Waals surface area (Å²) in [7, 11) is 0. The molecular weight excluding hydrogens is 597 g/mol. The third-order valence-electron chi connectivity index (χ3n) is 9.67. The number of fused-ring (bicyclic) bond motifs is 7. The van der Waals surface area contributed by atoms with Crippen molar-refractivity contribution in [2.45, 2.75) is 0 Å². The molecule has 8 aromatic carbocycles. The quantitative estimate of drug-likeness (QED) is 0.183. The van der Waals surface area contributed by atoms with Crippen LogP contribution in [0.5, 0.6) is 0 Å². The Kier molecular flexibility index (Phi) is 6.18. The molecule has 0 unspecified atom stereocenters. The van der Waals surface area contributed by atoms with Crippen LogP contribution in [0.1, 0.15) is 0 Å². The number of para-hydroxylation sites is 1. The lowest BCUT2D eigenvalue weighted by molar-refractivity contribution is 0.669. The summed E-state index contributed by atoms with van der Waals surface area (Å²) >= 11 is 0. The Labute approximate surface area is 282 Å². The molecule has 2 heterocycles. The molecule has 0 atom stereocenters. The summed E-state index contributed by atoms with van der Waals surface area (Å²) in [6.07, 6.45) is 0. The van der Waals surface area contributed by atoms with Gasteiger partial charge in [0.1, 0.15) is 11.2 Å². The molecule has 0 fully saturated rings. The van der Waals surface area contributed by atoms with E-state index in [0.29, 0.717) is 0 Å². The number of aromatic nitrogens is 2. The highest BCUT2D eigenvalue weighted by Crippen LogP contribution is 2.43. The number of rotatable bonds is 4. The molecule has 0 N–H and O–H groups in total. The van der Waals surface area contributed by atoms with E-state index >= 15 is 0 Å². The first-order valence-corrected chi connectivity index (χ1v) is 16.6. The van der Waals surface area contributed by atoms with Gasteiger partial charge in [-0.3, -0.25) is 0 Å². The molecule has 0 bridgehead atoms. The SMILES string of the molecule is c1ccc(-c2nc3c(ccc4c(-c5ccccc5-c5cccc6oc7ccccc7c56)cccc43)nc2-c2ccc3ccccc3c2)cc1. The van der Waals surface area contributed by atoms with E-state index in [-0.39, 0.29) is 0 Å². The van der Waals surface area contributed by atoms with Crippen molar-refractivity contribution in [2.24, 2.45) is 0 Å². The van der Waals surface area contributed by atoms with Crippen LogP contribution >= 0.6 is 0 Å². The Hall–Kier alpha value is -6.58. The molecule has 0 aliphatic heterocycles. The van der Waals surface area contributed by atoms with Gasteiger partial charge in [0.05, 0.1) is 22.4 Å². The van der Waals surface area contributed by atoms with Gasteiger partial charge in [0, 0.05) is 27.3 Å². The summed E-state index contributed by atoms with van der Waals surface area (Å²) in [4.78, 5) is 10.8. The molecule has 228 valence electrons. The lowest BCUT2D eigenvalue weighted by Crippen LogP contribution is -1.97. The third-order valence-corrected chi connectivity index (χ3v) is 9.67. The minimum absolute atomic E-state index is 0.871. The van der Waals surface area contributed by atoms with Crippen molar-refractivity contribution in [1.29, 1.82) is 0 Å². The van der Waals surface area contributed by atoms with Crippen molar-refractivity contribution in [3.63, 3.8) is 0 Å².